The number of nitrogens with zero attached hydrogens (tertiary/aromatic N) is 5. The van der Waals surface area contributed by atoms with E-state index in [9.17, 15) is 5.11 Å². The number of aromatic nitrogens is 5. The lowest BCUT2D eigenvalue weighted by atomic mass is 10.0. The summed E-state index contributed by atoms with van der Waals surface area (Å²) >= 11 is 0. The van der Waals surface area contributed by atoms with Crippen LogP contribution >= 0.6 is 0 Å². The van der Waals surface area contributed by atoms with Crippen LogP contribution in [0.25, 0.3) is 16.9 Å². The zero-order valence-corrected chi connectivity index (χ0v) is 17.9. The van der Waals surface area contributed by atoms with E-state index >= 15 is 0 Å². The number of imidazole rings is 1. The summed E-state index contributed by atoms with van der Waals surface area (Å²) in [7, 11) is 1.59. The van der Waals surface area contributed by atoms with Crippen LogP contribution in [0.1, 0.15) is 23.9 Å². The Morgan fingerprint density at radius 3 is 2.78 bits per heavy atom. The molecule has 1 aromatic carbocycles. The highest BCUT2D eigenvalue weighted by Gasteiger charge is 2.24. The maximum atomic E-state index is 10.7. The van der Waals surface area contributed by atoms with Gasteiger partial charge in [-0.15, -0.1) is 0 Å². The first kappa shape index (κ1) is 21.3. The number of hydrogen-bond donors (Lipinski definition) is 2. The zero-order valence-electron chi connectivity index (χ0n) is 17.9. The highest BCUT2D eigenvalue weighted by molar-refractivity contribution is 5.80. The third-order valence-electron chi connectivity index (χ3n) is 4.61. The molecule has 0 bridgehead atoms. The molecule has 0 radical (unpaired) electrons. The number of ether oxygens (including phenoxy) is 2. The van der Waals surface area contributed by atoms with Gasteiger partial charge in [0.05, 0.1) is 17.6 Å². The molecule has 1 atom stereocenters. The number of aliphatic hydroxyl groups is 1. The fourth-order valence-corrected chi connectivity index (χ4v) is 3.01. The van der Waals surface area contributed by atoms with Gasteiger partial charge in [-0.2, -0.15) is 9.97 Å². The lowest BCUT2D eigenvalue weighted by molar-refractivity contribution is 0.112. The maximum absolute atomic E-state index is 10.7. The van der Waals surface area contributed by atoms with Gasteiger partial charge in [0, 0.05) is 31.0 Å². The average molecular weight is 434 g/mol. The number of hydrogen-bond acceptors (Lipinski definition) is 9. The average Bonchev–Trinajstić information content (AvgIpc) is 3.36. The van der Waals surface area contributed by atoms with Gasteiger partial charge in [-0.05, 0) is 32.0 Å². The van der Waals surface area contributed by atoms with Crippen molar-refractivity contribution < 1.29 is 19.1 Å². The summed E-state index contributed by atoms with van der Waals surface area (Å²) in [5.74, 6) is 7.07. The Morgan fingerprint density at radius 1 is 1.22 bits per heavy atom. The van der Waals surface area contributed by atoms with E-state index < -0.39 is 5.60 Å². The van der Waals surface area contributed by atoms with Gasteiger partial charge in [0.25, 0.3) is 0 Å². The molecular formula is C22H22N6O4. The molecule has 0 saturated carbocycles. The van der Waals surface area contributed by atoms with E-state index in [0.29, 0.717) is 53.1 Å². The minimum atomic E-state index is -1.47. The number of anilines is 1. The Bertz CT molecular complexity index is 1310. The molecular weight excluding hydrogens is 412 g/mol. The minimum Gasteiger partial charge on any atom is -0.462 e. The van der Waals surface area contributed by atoms with Crippen molar-refractivity contribution in [3.05, 3.63) is 53.5 Å². The second kappa shape index (κ2) is 8.66. The molecule has 4 rings (SSSR count). The summed E-state index contributed by atoms with van der Waals surface area (Å²) in [4.78, 5) is 12.8. The van der Waals surface area contributed by atoms with Crippen LogP contribution in [-0.4, -0.2) is 50.1 Å². The van der Waals surface area contributed by atoms with Crippen molar-refractivity contribution in [2.75, 3.05) is 26.1 Å². The molecule has 4 aromatic rings. The highest BCUT2D eigenvalue weighted by Crippen LogP contribution is 2.27. The van der Waals surface area contributed by atoms with Crippen molar-refractivity contribution in [1.82, 2.24) is 24.7 Å². The van der Waals surface area contributed by atoms with Crippen LogP contribution in [-0.2, 0) is 10.3 Å². The van der Waals surface area contributed by atoms with E-state index in [0.717, 1.165) is 0 Å². The molecule has 0 aliphatic heterocycles. The van der Waals surface area contributed by atoms with Gasteiger partial charge >= 0.3 is 6.01 Å². The molecule has 3 heterocycles. The van der Waals surface area contributed by atoms with E-state index in [1.54, 1.807) is 43.9 Å². The first-order valence-corrected chi connectivity index (χ1v) is 9.80. The molecule has 0 unspecified atom stereocenters. The number of aryl methyl sites for hydroxylation is 1. The summed E-state index contributed by atoms with van der Waals surface area (Å²) in [5.41, 5.74) is 6.70. The molecule has 3 aromatic heterocycles. The fraction of sp³-hybridized carbons (Fsp3) is 0.273. The van der Waals surface area contributed by atoms with Crippen molar-refractivity contribution in [2.45, 2.75) is 19.4 Å². The third-order valence-corrected chi connectivity index (χ3v) is 4.61. The lowest BCUT2D eigenvalue weighted by Crippen LogP contribution is -2.18. The van der Waals surface area contributed by atoms with E-state index in [-0.39, 0.29) is 5.95 Å². The largest absolute Gasteiger partial charge is 0.462 e. The normalized spacial score (nSPS) is 12.9. The van der Waals surface area contributed by atoms with Crippen molar-refractivity contribution in [3.63, 3.8) is 0 Å². The van der Waals surface area contributed by atoms with Gasteiger partial charge in [-0.3, -0.25) is 0 Å². The molecule has 0 spiro atoms. The summed E-state index contributed by atoms with van der Waals surface area (Å²) in [6.07, 6.45) is 1.56. The second-order valence-corrected chi connectivity index (χ2v) is 7.19. The summed E-state index contributed by atoms with van der Waals surface area (Å²) < 4.78 is 17.6. The summed E-state index contributed by atoms with van der Waals surface area (Å²) in [6.45, 7) is 4.03. The van der Waals surface area contributed by atoms with Gasteiger partial charge in [-0.1, -0.05) is 17.0 Å². The van der Waals surface area contributed by atoms with E-state index in [1.807, 2.05) is 18.2 Å². The van der Waals surface area contributed by atoms with Gasteiger partial charge in [0.1, 0.15) is 23.9 Å². The highest BCUT2D eigenvalue weighted by atomic mass is 16.5. The molecule has 10 nitrogen and oxygen atoms in total. The molecule has 0 fully saturated rings. The zero-order chi connectivity index (χ0) is 22.7. The van der Waals surface area contributed by atoms with Crippen LogP contribution in [0.15, 0.2) is 41.1 Å². The predicted octanol–water partition coefficient (Wildman–Crippen LogP) is 1.98. The molecule has 0 aliphatic carbocycles. The maximum Gasteiger partial charge on any atom is 0.303 e. The van der Waals surface area contributed by atoms with Gasteiger partial charge in [0.2, 0.25) is 5.95 Å². The minimum absolute atomic E-state index is 0.127. The van der Waals surface area contributed by atoms with Crippen molar-refractivity contribution in [1.29, 1.82) is 0 Å². The number of methoxy groups -OCH3 is 1. The Kier molecular flexibility index (Phi) is 5.77. The van der Waals surface area contributed by atoms with Crippen LogP contribution in [0, 0.1) is 18.8 Å². The molecule has 32 heavy (non-hydrogen) atoms. The first-order chi connectivity index (χ1) is 15.4. The van der Waals surface area contributed by atoms with E-state index in [2.05, 4.69) is 31.9 Å². The molecule has 0 amide bonds. The Balaban J connectivity index is 1.77. The molecule has 164 valence electrons. The molecule has 0 aliphatic rings. The van der Waals surface area contributed by atoms with Crippen molar-refractivity contribution >= 4 is 17.0 Å². The Hall–Kier alpha value is -3.94. The van der Waals surface area contributed by atoms with Gasteiger partial charge in [0.15, 0.2) is 5.60 Å². The molecule has 0 saturated heterocycles. The number of benzene rings is 1. The standard InChI is InChI=1S/C22H22N6O4/c1-14-12-18(27-32-14)22(2,29)8-6-15-4-5-16-17(13-15)28(19-7-9-24-20(23)26-19)21(25-16)31-11-10-30-3/h4-5,7,9,12-13,29H,10-11H2,1-3H3,(H2,23,24,26)/t22-/m1/s1. The number of rotatable bonds is 6. The monoisotopic (exact) mass is 434 g/mol. The van der Waals surface area contributed by atoms with Crippen LogP contribution in [0.4, 0.5) is 5.95 Å². The quantitative estimate of drug-likeness (QED) is 0.345. The SMILES string of the molecule is COCCOc1nc2ccc(C#C[C@@](C)(O)c3cc(C)on3)cc2n1-c1ccnc(N)n1. The topological polar surface area (TPSA) is 134 Å². The Morgan fingerprint density at radius 2 is 2.06 bits per heavy atom. The van der Waals surface area contributed by atoms with Crippen LogP contribution < -0.4 is 10.5 Å². The van der Waals surface area contributed by atoms with Crippen LogP contribution in [0.5, 0.6) is 6.01 Å². The molecule has 10 heteroatoms. The second-order valence-electron chi connectivity index (χ2n) is 7.19. The van der Waals surface area contributed by atoms with Crippen molar-refractivity contribution in [3.8, 4) is 23.7 Å². The number of nitrogens with two attached hydrogens (primary N) is 1. The fourth-order valence-electron chi connectivity index (χ4n) is 3.01. The Labute approximate surface area is 184 Å². The number of fused-ring (bicyclic) bond motifs is 1. The molecule has 3 N–H and O–H groups in total. The smallest absolute Gasteiger partial charge is 0.303 e. The first-order valence-electron chi connectivity index (χ1n) is 9.80. The number of nitrogen functional groups attached to an aromatic ring is 1. The predicted molar refractivity (Wildman–Crippen MR) is 116 cm³/mol. The lowest BCUT2D eigenvalue weighted by Gasteiger charge is -2.11. The van der Waals surface area contributed by atoms with Gasteiger partial charge in [-0.25, -0.2) is 9.55 Å². The van der Waals surface area contributed by atoms with Crippen molar-refractivity contribution in [2.24, 2.45) is 0 Å². The van der Waals surface area contributed by atoms with Gasteiger partial charge < -0.3 is 24.8 Å². The van der Waals surface area contributed by atoms with E-state index in [1.165, 1.54) is 0 Å². The van der Waals surface area contributed by atoms with Crippen LogP contribution in [0.3, 0.4) is 0 Å². The van der Waals surface area contributed by atoms with E-state index in [4.69, 9.17) is 19.7 Å². The van der Waals surface area contributed by atoms with Crippen LogP contribution in [0.2, 0.25) is 0 Å². The third kappa shape index (κ3) is 4.39. The summed E-state index contributed by atoms with van der Waals surface area (Å²) in [6, 6.07) is 9.15. The summed E-state index contributed by atoms with van der Waals surface area (Å²) in [5, 5.41) is 14.5.